The SMILES string of the molecule is CCc1ccccc1OCC(=O)NNC(=O)CS(=O)(=O)Cc1ccc(C#N)cc1. The third-order valence-corrected chi connectivity index (χ3v) is 5.35. The highest BCUT2D eigenvalue weighted by Crippen LogP contribution is 2.17. The Kier molecular flexibility index (Phi) is 7.74. The van der Waals surface area contributed by atoms with Crippen LogP contribution >= 0.6 is 0 Å². The van der Waals surface area contributed by atoms with Crippen LogP contribution in [0.3, 0.4) is 0 Å². The van der Waals surface area contributed by atoms with Gasteiger partial charge < -0.3 is 4.74 Å². The fraction of sp³-hybridized carbons (Fsp3) is 0.250. The van der Waals surface area contributed by atoms with Gasteiger partial charge in [0, 0.05) is 0 Å². The third-order valence-electron chi connectivity index (χ3n) is 3.87. The van der Waals surface area contributed by atoms with Gasteiger partial charge in [0.05, 0.1) is 17.4 Å². The average Bonchev–Trinajstić information content (AvgIpc) is 2.70. The fourth-order valence-corrected chi connectivity index (χ4v) is 3.75. The number of nitrogens with one attached hydrogen (secondary N) is 2. The van der Waals surface area contributed by atoms with Crippen LogP contribution in [-0.2, 0) is 31.6 Å². The van der Waals surface area contributed by atoms with E-state index in [2.05, 4.69) is 10.9 Å². The molecule has 0 radical (unpaired) electrons. The van der Waals surface area contributed by atoms with Gasteiger partial charge in [-0.1, -0.05) is 37.3 Å². The van der Waals surface area contributed by atoms with Crippen LogP contribution in [0.2, 0.25) is 0 Å². The highest BCUT2D eigenvalue weighted by Gasteiger charge is 2.18. The minimum atomic E-state index is -3.74. The molecule has 0 bridgehead atoms. The van der Waals surface area contributed by atoms with Crippen molar-refractivity contribution in [3.63, 3.8) is 0 Å². The molecule has 0 aliphatic carbocycles. The summed E-state index contributed by atoms with van der Waals surface area (Å²) in [6, 6.07) is 15.2. The molecule has 29 heavy (non-hydrogen) atoms. The number of amides is 2. The Bertz CT molecular complexity index is 1010. The minimum absolute atomic E-state index is 0.324. The van der Waals surface area contributed by atoms with Gasteiger partial charge in [-0.15, -0.1) is 0 Å². The average molecular weight is 415 g/mol. The number of hydrogen-bond donors (Lipinski definition) is 2. The molecule has 0 saturated carbocycles. The maximum Gasteiger partial charge on any atom is 0.276 e. The zero-order valence-corrected chi connectivity index (χ0v) is 16.7. The molecule has 9 heteroatoms. The summed E-state index contributed by atoms with van der Waals surface area (Å²) < 4.78 is 29.7. The lowest BCUT2D eigenvalue weighted by Gasteiger charge is -2.11. The summed E-state index contributed by atoms with van der Waals surface area (Å²) in [5, 5.41) is 8.75. The normalized spacial score (nSPS) is 10.6. The van der Waals surface area contributed by atoms with Crippen molar-refractivity contribution in [2.75, 3.05) is 12.4 Å². The first kappa shape index (κ1) is 21.9. The predicted molar refractivity (Wildman–Crippen MR) is 106 cm³/mol. The first-order chi connectivity index (χ1) is 13.8. The van der Waals surface area contributed by atoms with Gasteiger partial charge in [0.15, 0.2) is 16.4 Å². The predicted octanol–water partition coefficient (Wildman–Crippen LogP) is 1.26. The van der Waals surface area contributed by atoms with Gasteiger partial charge in [-0.05, 0) is 35.7 Å². The number of hydrazine groups is 1. The number of benzene rings is 2. The summed E-state index contributed by atoms with van der Waals surface area (Å²) in [6.45, 7) is 1.64. The zero-order valence-electron chi connectivity index (χ0n) is 15.8. The zero-order chi connectivity index (χ0) is 21.3. The number of para-hydroxylation sites is 1. The molecule has 152 valence electrons. The molecule has 0 unspecified atom stereocenters. The monoisotopic (exact) mass is 415 g/mol. The quantitative estimate of drug-likeness (QED) is 0.625. The number of carbonyl (C=O) groups excluding carboxylic acids is 2. The molecule has 8 nitrogen and oxygen atoms in total. The molecular formula is C20H21N3O5S. The Morgan fingerprint density at radius 2 is 1.69 bits per heavy atom. The van der Waals surface area contributed by atoms with E-state index < -0.39 is 27.4 Å². The van der Waals surface area contributed by atoms with Gasteiger partial charge in [0.1, 0.15) is 11.5 Å². The fourth-order valence-electron chi connectivity index (χ4n) is 2.47. The van der Waals surface area contributed by atoms with E-state index in [-0.39, 0.29) is 12.4 Å². The molecule has 2 aromatic rings. The van der Waals surface area contributed by atoms with Crippen molar-refractivity contribution in [3.05, 3.63) is 65.2 Å². The van der Waals surface area contributed by atoms with E-state index >= 15 is 0 Å². The van der Waals surface area contributed by atoms with E-state index in [9.17, 15) is 18.0 Å². The molecule has 0 saturated heterocycles. The van der Waals surface area contributed by atoms with Crippen LogP contribution in [0.5, 0.6) is 5.75 Å². The van der Waals surface area contributed by atoms with Crippen LogP contribution in [-0.4, -0.2) is 32.6 Å². The van der Waals surface area contributed by atoms with Crippen LogP contribution < -0.4 is 15.6 Å². The van der Waals surface area contributed by atoms with Gasteiger partial charge >= 0.3 is 0 Å². The summed E-state index contributed by atoms with van der Waals surface area (Å²) >= 11 is 0. The Morgan fingerprint density at radius 3 is 2.34 bits per heavy atom. The highest BCUT2D eigenvalue weighted by atomic mass is 32.2. The number of carbonyl (C=O) groups is 2. The maximum absolute atomic E-state index is 12.1. The van der Waals surface area contributed by atoms with Crippen molar-refractivity contribution in [1.82, 2.24) is 10.9 Å². The van der Waals surface area contributed by atoms with Gasteiger partial charge in [-0.25, -0.2) is 8.42 Å². The topological polar surface area (TPSA) is 125 Å². The third kappa shape index (κ3) is 7.27. The lowest BCUT2D eigenvalue weighted by molar-refractivity contribution is -0.128. The van der Waals surface area contributed by atoms with Crippen LogP contribution in [0.15, 0.2) is 48.5 Å². The molecule has 0 aliphatic heterocycles. The molecular weight excluding hydrogens is 394 g/mol. The van der Waals surface area contributed by atoms with Crippen molar-refractivity contribution in [2.45, 2.75) is 19.1 Å². The molecule has 0 fully saturated rings. The van der Waals surface area contributed by atoms with E-state index in [4.69, 9.17) is 10.00 Å². The van der Waals surface area contributed by atoms with E-state index in [1.54, 1.807) is 12.1 Å². The molecule has 2 aromatic carbocycles. The summed E-state index contributed by atoms with van der Waals surface area (Å²) in [6.07, 6.45) is 0.742. The van der Waals surface area contributed by atoms with Crippen molar-refractivity contribution in [3.8, 4) is 11.8 Å². The second-order valence-electron chi connectivity index (χ2n) is 6.19. The molecule has 0 aromatic heterocycles. The van der Waals surface area contributed by atoms with Crippen LogP contribution in [0.4, 0.5) is 0 Å². The van der Waals surface area contributed by atoms with Crippen molar-refractivity contribution < 1.29 is 22.7 Å². The van der Waals surface area contributed by atoms with Crippen LogP contribution in [0, 0.1) is 11.3 Å². The highest BCUT2D eigenvalue weighted by molar-refractivity contribution is 7.91. The summed E-state index contributed by atoms with van der Waals surface area (Å²) in [5.74, 6) is -2.04. The Hall–Kier alpha value is -3.38. The number of ether oxygens (including phenoxy) is 1. The summed E-state index contributed by atoms with van der Waals surface area (Å²) in [5.41, 5.74) is 6.01. The van der Waals surface area contributed by atoms with Gasteiger partial charge in [0.25, 0.3) is 11.8 Å². The smallest absolute Gasteiger partial charge is 0.276 e. The second kappa shape index (κ2) is 10.2. The maximum atomic E-state index is 12.1. The van der Waals surface area contributed by atoms with Gasteiger partial charge in [-0.2, -0.15) is 5.26 Å². The molecule has 2 rings (SSSR count). The molecule has 2 amide bonds. The standard InChI is InChI=1S/C20H21N3O5S/c1-2-17-5-3-4-6-18(17)28-12-19(24)22-23-20(25)14-29(26,27)13-16-9-7-15(11-21)8-10-16/h3-10H,2,12-14H2,1H3,(H,22,24)(H,23,25). The van der Waals surface area contributed by atoms with E-state index in [1.165, 1.54) is 24.3 Å². The van der Waals surface area contributed by atoms with Crippen LogP contribution in [0.25, 0.3) is 0 Å². The van der Waals surface area contributed by atoms with Crippen LogP contribution in [0.1, 0.15) is 23.6 Å². The van der Waals surface area contributed by atoms with Crippen molar-refractivity contribution in [2.24, 2.45) is 0 Å². The first-order valence-corrected chi connectivity index (χ1v) is 10.6. The summed E-state index contributed by atoms with van der Waals surface area (Å²) in [4.78, 5) is 23.7. The molecule has 0 aliphatic rings. The minimum Gasteiger partial charge on any atom is -0.483 e. The largest absolute Gasteiger partial charge is 0.483 e. The number of aryl methyl sites for hydroxylation is 1. The number of sulfone groups is 1. The van der Waals surface area contributed by atoms with Crippen molar-refractivity contribution in [1.29, 1.82) is 5.26 Å². The number of hydrogen-bond acceptors (Lipinski definition) is 6. The number of nitriles is 1. The van der Waals surface area contributed by atoms with E-state index in [1.807, 2.05) is 25.1 Å². The Morgan fingerprint density at radius 1 is 1.03 bits per heavy atom. The van der Waals surface area contributed by atoms with E-state index in [0.29, 0.717) is 16.9 Å². The molecule has 0 atom stereocenters. The number of rotatable bonds is 8. The van der Waals surface area contributed by atoms with E-state index in [0.717, 1.165) is 12.0 Å². The lowest BCUT2D eigenvalue weighted by atomic mass is 10.1. The molecule has 2 N–H and O–H groups in total. The van der Waals surface area contributed by atoms with Gasteiger partial charge in [-0.3, -0.25) is 20.4 Å². The van der Waals surface area contributed by atoms with Gasteiger partial charge in [0.2, 0.25) is 0 Å². The molecule has 0 spiro atoms. The summed E-state index contributed by atoms with van der Waals surface area (Å²) in [7, 11) is -3.74. The number of nitrogens with zero attached hydrogens (tertiary/aromatic N) is 1. The van der Waals surface area contributed by atoms with Crippen molar-refractivity contribution >= 4 is 21.7 Å². The Balaban J connectivity index is 1.79. The lowest BCUT2D eigenvalue weighted by Crippen LogP contribution is -2.46. The Labute approximate surface area is 169 Å². The second-order valence-corrected chi connectivity index (χ2v) is 8.25. The molecule has 0 heterocycles. The first-order valence-electron chi connectivity index (χ1n) is 8.81.